The van der Waals surface area contributed by atoms with Crippen LogP contribution >= 0.6 is 0 Å². The summed E-state index contributed by atoms with van der Waals surface area (Å²) in [7, 11) is 1.63. The van der Waals surface area contributed by atoms with Crippen molar-refractivity contribution in [2.75, 3.05) is 20.3 Å². The van der Waals surface area contributed by atoms with Crippen molar-refractivity contribution in [1.29, 1.82) is 0 Å². The topological polar surface area (TPSA) is 64.6 Å². The minimum absolute atomic E-state index is 0.118. The van der Waals surface area contributed by atoms with E-state index < -0.39 is 6.10 Å². The molecule has 0 radical (unpaired) electrons. The van der Waals surface area contributed by atoms with Gasteiger partial charge in [-0.2, -0.15) is 0 Å². The summed E-state index contributed by atoms with van der Waals surface area (Å²) in [6.07, 6.45) is 0.621. The molecule has 0 saturated carbocycles. The molecule has 1 rings (SSSR count). The summed E-state index contributed by atoms with van der Waals surface area (Å²) in [5.74, 6) is 0.577. The second-order valence-electron chi connectivity index (χ2n) is 4.92. The zero-order chi connectivity index (χ0) is 15.7. The number of carbonyl (C=O) groups excluding carboxylic acids is 2. The molecule has 0 spiro atoms. The zero-order valence-corrected chi connectivity index (χ0v) is 12.8. The van der Waals surface area contributed by atoms with Crippen molar-refractivity contribution in [3.63, 3.8) is 0 Å². The number of ether oxygens (including phenoxy) is 2. The molecule has 0 aliphatic rings. The second kappa shape index (κ2) is 9.13. The van der Waals surface area contributed by atoms with Gasteiger partial charge in [-0.1, -0.05) is 12.1 Å². The number of Topliss-reactive ketones (excluding diaryl/α,β-unsaturated/α-hetero) is 1. The first kappa shape index (κ1) is 17.2. The van der Waals surface area contributed by atoms with Crippen molar-refractivity contribution in [2.45, 2.75) is 32.8 Å². The molecule has 0 aromatic heterocycles. The van der Waals surface area contributed by atoms with Crippen molar-refractivity contribution < 1.29 is 19.1 Å². The highest BCUT2D eigenvalue weighted by Crippen LogP contribution is 2.14. The van der Waals surface area contributed by atoms with Crippen LogP contribution in [0.1, 0.15) is 25.8 Å². The fraction of sp³-hybridized carbons (Fsp3) is 0.500. The highest BCUT2D eigenvalue weighted by atomic mass is 16.5. The number of rotatable bonds is 9. The van der Waals surface area contributed by atoms with Gasteiger partial charge >= 0.3 is 0 Å². The number of carbonyl (C=O) groups is 2. The molecule has 1 atom stereocenters. The van der Waals surface area contributed by atoms with Gasteiger partial charge in [0.05, 0.1) is 0 Å². The fourth-order valence-corrected chi connectivity index (χ4v) is 1.80. The van der Waals surface area contributed by atoms with E-state index in [9.17, 15) is 9.59 Å². The van der Waals surface area contributed by atoms with E-state index in [1.165, 1.54) is 0 Å². The van der Waals surface area contributed by atoms with Crippen LogP contribution in [-0.2, 0) is 20.7 Å². The monoisotopic (exact) mass is 293 g/mol. The molecule has 0 bridgehead atoms. The molecule has 21 heavy (non-hydrogen) atoms. The first-order valence-corrected chi connectivity index (χ1v) is 7.04. The SMILES string of the molecule is COCCCNC(=O)C(C)Oc1ccc(CC(C)=O)cc1. The number of hydrogen-bond acceptors (Lipinski definition) is 4. The molecule has 1 unspecified atom stereocenters. The summed E-state index contributed by atoms with van der Waals surface area (Å²) in [4.78, 5) is 22.8. The van der Waals surface area contributed by atoms with Crippen LogP contribution in [-0.4, -0.2) is 38.1 Å². The molecule has 0 fully saturated rings. The summed E-state index contributed by atoms with van der Waals surface area (Å²) < 4.78 is 10.5. The van der Waals surface area contributed by atoms with Gasteiger partial charge in [0.15, 0.2) is 6.10 Å². The van der Waals surface area contributed by atoms with Gasteiger partial charge in [-0.25, -0.2) is 0 Å². The molecular weight excluding hydrogens is 270 g/mol. The Morgan fingerprint density at radius 2 is 1.90 bits per heavy atom. The van der Waals surface area contributed by atoms with Crippen LogP contribution in [0, 0.1) is 0 Å². The van der Waals surface area contributed by atoms with Crippen LogP contribution in [0.3, 0.4) is 0 Å². The highest BCUT2D eigenvalue weighted by Gasteiger charge is 2.13. The van der Waals surface area contributed by atoms with Crippen molar-refractivity contribution in [3.05, 3.63) is 29.8 Å². The Balaban J connectivity index is 2.41. The van der Waals surface area contributed by atoms with Crippen molar-refractivity contribution in [2.24, 2.45) is 0 Å². The molecule has 1 N–H and O–H groups in total. The van der Waals surface area contributed by atoms with Gasteiger partial charge in [-0.05, 0) is 38.0 Å². The lowest BCUT2D eigenvalue weighted by Gasteiger charge is -2.15. The molecule has 0 heterocycles. The number of ketones is 1. The second-order valence-corrected chi connectivity index (χ2v) is 4.92. The van der Waals surface area contributed by atoms with Crippen LogP contribution < -0.4 is 10.1 Å². The molecule has 0 aliphatic heterocycles. The van der Waals surface area contributed by atoms with Crippen LogP contribution in [0.4, 0.5) is 0 Å². The first-order valence-electron chi connectivity index (χ1n) is 7.04. The number of amides is 1. The largest absolute Gasteiger partial charge is 0.481 e. The molecule has 5 heteroatoms. The summed E-state index contributed by atoms with van der Waals surface area (Å²) in [5.41, 5.74) is 0.937. The maximum Gasteiger partial charge on any atom is 0.260 e. The third-order valence-electron chi connectivity index (χ3n) is 2.88. The van der Waals surface area contributed by atoms with E-state index in [1.54, 1.807) is 33.1 Å². The lowest BCUT2D eigenvalue weighted by molar-refractivity contribution is -0.127. The van der Waals surface area contributed by atoms with Gasteiger partial charge in [0, 0.05) is 26.7 Å². The van der Waals surface area contributed by atoms with Gasteiger partial charge in [0.25, 0.3) is 5.91 Å². The van der Waals surface area contributed by atoms with E-state index in [0.29, 0.717) is 25.3 Å². The predicted octanol–water partition coefficient (Wildman–Crippen LogP) is 1.74. The molecule has 0 saturated heterocycles. The number of nitrogens with one attached hydrogen (secondary N) is 1. The van der Waals surface area contributed by atoms with Crippen LogP contribution in [0.15, 0.2) is 24.3 Å². The Hall–Kier alpha value is -1.88. The summed E-state index contributed by atoms with van der Waals surface area (Å²) >= 11 is 0. The quantitative estimate of drug-likeness (QED) is 0.704. The average molecular weight is 293 g/mol. The van der Waals surface area contributed by atoms with Crippen molar-refractivity contribution in [1.82, 2.24) is 5.32 Å². The van der Waals surface area contributed by atoms with Gasteiger partial charge in [-0.15, -0.1) is 0 Å². The van der Waals surface area contributed by atoms with Crippen LogP contribution in [0.2, 0.25) is 0 Å². The standard InChI is InChI=1S/C16H23NO4/c1-12(18)11-14-5-7-15(8-6-14)21-13(2)16(19)17-9-4-10-20-3/h5-8,13H,4,9-11H2,1-3H3,(H,17,19). The van der Waals surface area contributed by atoms with E-state index in [1.807, 2.05) is 12.1 Å². The van der Waals surface area contributed by atoms with Gasteiger partial charge < -0.3 is 14.8 Å². The minimum Gasteiger partial charge on any atom is -0.481 e. The normalized spacial score (nSPS) is 11.8. The minimum atomic E-state index is -0.564. The molecule has 1 aromatic rings. The lowest BCUT2D eigenvalue weighted by Crippen LogP contribution is -2.37. The number of hydrogen-bond donors (Lipinski definition) is 1. The van der Waals surface area contributed by atoms with Crippen molar-refractivity contribution in [3.8, 4) is 5.75 Å². The first-order chi connectivity index (χ1) is 10.0. The zero-order valence-electron chi connectivity index (χ0n) is 12.8. The summed E-state index contributed by atoms with van der Waals surface area (Å²) in [6.45, 7) is 4.45. The van der Waals surface area contributed by atoms with E-state index in [0.717, 1.165) is 12.0 Å². The molecule has 116 valence electrons. The smallest absolute Gasteiger partial charge is 0.260 e. The number of benzene rings is 1. The summed E-state index contributed by atoms with van der Waals surface area (Å²) in [6, 6.07) is 7.21. The third-order valence-corrected chi connectivity index (χ3v) is 2.88. The molecular formula is C16H23NO4. The van der Waals surface area contributed by atoms with E-state index in [-0.39, 0.29) is 11.7 Å². The molecule has 1 aromatic carbocycles. The Morgan fingerprint density at radius 3 is 2.48 bits per heavy atom. The van der Waals surface area contributed by atoms with Gasteiger partial charge in [0.1, 0.15) is 11.5 Å². The van der Waals surface area contributed by atoms with Gasteiger partial charge in [0.2, 0.25) is 0 Å². The Bertz CT molecular complexity index is 456. The molecule has 1 amide bonds. The predicted molar refractivity (Wildman–Crippen MR) is 80.4 cm³/mol. The molecule has 0 aliphatic carbocycles. The van der Waals surface area contributed by atoms with E-state index in [2.05, 4.69) is 5.32 Å². The third kappa shape index (κ3) is 6.90. The fourth-order valence-electron chi connectivity index (χ4n) is 1.80. The summed E-state index contributed by atoms with van der Waals surface area (Å²) in [5, 5.41) is 2.79. The average Bonchev–Trinajstić information content (AvgIpc) is 2.45. The maximum absolute atomic E-state index is 11.8. The van der Waals surface area contributed by atoms with E-state index in [4.69, 9.17) is 9.47 Å². The van der Waals surface area contributed by atoms with E-state index >= 15 is 0 Å². The molecule has 5 nitrogen and oxygen atoms in total. The Morgan fingerprint density at radius 1 is 1.24 bits per heavy atom. The maximum atomic E-state index is 11.8. The van der Waals surface area contributed by atoms with Crippen LogP contribution in [0.5, 0.6) is 5.75 Å². The van der Waals surface area contributed by atoms with Gasteiger partial charge in [-0.3, -0.25) is 9.59 Å². The Kier molecular flexibility index (Phi) is 7.46. The van der Waals surface area contributed by atoms with Crippen LogP contribution in [0.25, 0.3) is 0 Å². The lowest BCUT2D eigenvalue weighted by atomic mass is 10.1. The Labute approximate surface area is 125 Å². The highest BCUT2D eigenvalue weighted by molar-refractivity contribution is 5.80. The van der Waals surface area contributed by atoms with Crippen molar-refractivity contribution >= 4 is 11.7 Å². The number of methoxy groups -OCH3 is 1.